The summed E-state index contributed by atoms with van der Waals surface area (Å²) in [6.45, 7) is 2.02. The lowest BCUT2D eigenvalue weighted by Gasteiger charge is -2.32. The lowest BCUT2D eigenvalue weighted by Crippen LogP contribution is -2.51. The van der Waals surface area contributed by atoms with E-state index in [0.717, 1.165) is 50.1 Å². The fourth-order valence-electron chi connectivity index (χ4n) is 4.29. The van der Waals surface area contributed by atoms with Crippen molar-refractivity contribution in [2.24, 2.45) is 5.73 Å². The fraction of sp³-hybridized carbons (Fsp3) is 0.500. The Hall–Kier alpha value is -3.34. The number of carbonyl (C=O) groups is 3. The summed E-state index contributed by atoms with van der Waals surface area (Å²) in [6, 6.07) is 4.28. The van der Waals surface area contributed by atoms with E-state index in [9.17, 15) is 14.4 Å². The van der Waals surface area contributed by atoms with E-state index in [2.05, 4.69) is 9.69 Å². The summed E-state index contributed by atoms with van der Waals surface area (Å²) in [5.41, 5.74) is 11.6. The van der Waals surface area contributed by atoms with Crippen LogP contribution in [0.1, 0.15) is 72.0 Å². The number of nitrogens with zero attached hydrogens (tertiary/aromatic N) is 2. The zero-order chi connectivity index (χ0) is 25.5. The highest BCUT2D eigenvalue weighted by atomic mass is 32.1. The number of methoxy groups -OCH3 is 2. The van der Waals surface area contributed by atoms with Gasteiger partial charge in [-0.3, -0.25) is 19.3 Å². The van der Waals surface area contributed by atoms with E-state index in [1.54, 1.807) is 18.2 Å². The summed E-state index contributed by atoms with van der Waals surface area (Å²) in [4.78, 5) is 40.6. The van der Waals surface area contributed by atoms with Crippen LogP contribution in [-0.4, -0.2) is 48.4 Å². The van der Waals surface area contributed by atoms with Gasteiger partial charge in [0, 0.05) is 17.8 Å². The number of nitrogens with two attached hydrogens (primary N) is 2. The highest BCUT2D eigenvalue weighted by molar-refractivity contribution is 7.09. The number of unbranched alkanes of at least 4 members (excludes halogenated alkanes) is 1. The average molecular weight is 504 g/mol. The standard InChI is InChI=1S/C24H33N5O5S/c1-4-5-10-16(23(31)27-14-8-6-7-9-14)29(15-11-12-17(33-2)18(13-15)34-3)24(32)21-19(25)20(22(26)30)28-35-21/h11-14,16H,4-10,25H2,1-3H3,(H2,26,30)(H,27,31)/t16-/m1/s1. The second kappa shape index (κ2) is 11.9. The summed E-state index contributed by atoms with van der Waals surface area (Å²) in [5.74, 6) is -0.702. The molecule has 1 heterocycles. The number of nitrogens with one attached hydrogen (secondary N) is 1. The van der Waals surface area contributed by atoms with Gasteiger partial charge >= 0.3 is 0 Å². The van der Waals surface area contributed by atoms with Crippen LogP contribution in [-0.2, 0) is 4.79 Å². The van der Waals surface area contributed by atoms with Crippen molar-refractivity contribution >= 4 is 40.6 Å². The minimum atomic E-state index is -0.822. The Morgan fingerprint density at radius 1 is 1.20 bits per heavy atom. The Morgan fingerprint density at radius 2 is 1.89 bits per heavy atom. The number of hydrogen-bond donors (Lipinski definition) is 3. The maximum Gasteiger partial charge on any atom is 0.272 e. The monoisotopic (exact) mass is 503 g/mol. The molecule has 190 valence electrons. The lowest BCUT2D eigenvalue weighted by molar-refractivity contribution is -0.123. The largest absolute Gasteiger partial charge is 0.493 e. The number of primary amides is 1. The second-order valence-corrected chi connectivity index (χ2v) is 9.27. The van der Waals surface area contributed by atoms with E-state index in [4.69, 9.17) is 20.9 Å². The van der Waals surface area contributed by atoms with Crippen LogP contribution >= 0.6 is 11.5 Å². The van der Waals surface area contributed by atoms with Crippen LogP contribution in [0.15, 0.2) is 18.2 Å². The molecule has 0 radical (unpaired) electrons. The van der Waals surface area contributed by atoms with Gasteiger partial charge in [0.1, 0.15) is 10.9 Å². The van der Waals surface area contributed by atoms with E-state index in [-0.39, 0.29) is 28.2 Å². The van der Waals surface area contributed by atoms with E-state index < -0.39 is 17.9 Å². The van der Waals surface area contributed by atoms with Gasteiger partial charge in [0.25, 0.3) is 11.8 Å². The Morgan fingerprint density at radius 3 is 2.46 bits per heavy atom. The number of aromatic nitrogens is 1. The van der Waals surface area contributed by atoms with Crippen LogP contribution < -0.4 is 31.2 Å². The van der Waals surface area contributed by atoms with Crippen LogP contribution in [0.25, 0.3) is 0 Å². The zero-order valence-corrected chi connectivity index (χ0v) is 21.2. The number of ether oxygens (including phenoxy) is 2. The third-order valence-electron chi connectivity index (χ3n) is 6.17. The number of nitrogen functional groups attached to an aromatic ring is 1. The van der Waals surface area contributed by atoms with Gasteiger partial charge in [-0.2, -0.15) is 4.37 Å². The predicted molar refractivity (Wildman–Crippen MR) is 135 cm³/mol. The van der Waals surface area contributed by atoms with Crippen LogP contribution in [0.5, 0.6) is 11.5 Å². The maximum absolute atomic E-state index is 13.9. The number of hydrogen-bond acceptors (Lipinski definition) is 8. The van der Waals surface area contributed by atoms with Gasteiger partial charge in [-0.1, -0.05) is 32.6 Å². The third kappa shape index (κ3) is 5.84. The molecule has 11 heteroatoms. The van der Waals surface area contributed by atoms with Gasteiger partial charge in [-0.25, -0.2) is 0 Å². The number of rotatable bonds is 11. The summed E-state index contributed by atoms with van der Waals surface area (Å²) in [5, 5.41) is 3.13. The summed E-state index contributed by atoms with van der Waals surface area (Å²) >= 11 is 0.784. The smallest absolute Gasteiger partial charge is 0.272 e. The second-order valence-electron chi connectivity index (χ2n) is 8.50. The summed E-state index contributed by atoms with van der Waals surface area (Å²) in [7, 11) is 3.01. The van der Waals surface area contributed by atoms with Crippen molar-refractivity contribution in [2.45, 2.75) is 64.0 Å². The first-order valence-corrected chi connectivity index (χ1v) is 12.5. The van der Waals surface area contributed by atoms with Crippen molar-refractivity contribution in [3.05, 3.63) is 28.8 Å². The molecule has 1 fully saturated rings. The SMILES string of the molecule is CCCC[C@H](C(=O)NC1CCCC1)N(C(=O)c1snc(C(N)=O)c1N)c1ccc(OC)c(OC)c1. The van der Waals surface area contributed by atoms with Crippen LogP contribution in [0.2, 0.25) is 0 Å². The normalized spacial score (nSPS) is 14.4. The third-order valence-corrected chi connectivity index (χ3v) is 7.02. The molecule has 35 heavy (non-hydrogen) atoms. The molecular formula is C24H33N5O5S. The van der Waals surface area contributed by atoms with Gasteiger partial charge in [-0.05, 0) is 42.9 Å². The number of amides is 3. The van der Waals surface area contributed by atoms with Gasteiger partial charge in [0.05, 0.1) is 19.9 Å². The van der Waals surface area contributed by atoms with Crippen molar-refractivity contribution < 1.29 is 23.9 Å². The Balaban J connectivity index is 2.09. The minimum absolute atomic E-state index is 0.0451. The molecule has 0 saturated heterocycles. The molecule has 1 saturated carbocycles. The van der Waals surface area contributed by atoms with Gasteiger partial charge in [0.15, 0.2) is 17.2 Å². The Labute approximate surface area is 209 Å². The average Bonchev–Trinajstić information content (AvgIpc) is 3.50. The first-order valence-electron chi connectivity index (χ1n) is 11.7. The van der Waals surface area contributed by atoms with Crippen molar-refractivity contribution in [3.63, 3.8) is 0 Å². The molecule has 0 spiro atoms. The van der Waals surface area contributed by atoms with Crippen molar-refractivity contribution in [3.8, 4) is 11.5 Å². The molecule has 5 N–H and O–H groups in total. The summed E-state index contributed by atoms with van der Waals surface area (Å²) in [6.07, 6.45) is 5.98. The highest BCUT2D eigenvalue weighted by Gasteiger charge is 2.36. The van der Waals surface area contributed by atoms with Crippen LogP contribution in [0.3, 0.4) is 0 Å². The molecule has 0 aliphatic heterocycles. The van der Waals surface area contributed by atoms with E-state index in [0.29, 0.717) is 23.6 Å². The van der Waals surface area contributed by atoms with Crippen molar-refractivity contribution in [1.82, 2.24) is 9.69 Å². The van der Waals surface area contributed by atoms with E-state index >= 15 is 0 Å². The molecule has 1 aromatic heterocycles. The molecule has 0 bridgehead atoms. The maximum atomic E-state index is 13.9. The predicted octanol–water partition coefficient (Wildman–Crippen LogP) is 3.11. The summed E-state index contributed by atoms with van der Waals surface area (Å²) < 4.78 is 14.8. The number of benzene rings is 1. The molecule has 1 aromatic carbocycles. The molecule has 3 rings (SSSR count). The zero-order valence-electron chi connectivity index (χ0n) is 20.3. The molecule has 2 aromatic rings. The van der Waals surface area contributed by atoms with Crippen LogP contribution in [0.4, 0.5) is 11.4 Å². The van der Waals surface area contributed by atoms with Gasteiger partial charge < -0.3 is 26.3 Å². The number of anilines is 2. The topological polar surface area (TPSA) is 150 Å². The molecule has 0 unspecified atom stereocenters. The Bertz CT molecular complexity index is 1070. The first kappa shape index (κ1) is 26.3. The first-order chi connectivity index (χ1) is 16.8. The van der Waals surface area contributed by atoms with Crippen molar-refractivity contribution in [1.29, 1.82) is 0 Å². The molecule has 1 aliphatic rings. The fourth-order valence-corrected chi connectivity index (χ4v) is 5.04. The molecule has 1 aliphatic carbocycles. The highest BCUT2D eigenvalue weighted by Crippen LogP contribution is 2.35. The van der Waals surface area contributed by atoms with Crippen LogP contribution in [0, 0.1) is 0 Å². The lowest BCUT2D eigenvalue weighted by atomic mass is 10.0. The van der Waals surface area contributed by atoms with E-state index in [1.807, 2.05) is 6.92 Å². The minimum Gasteiger partial charge on any atom is -0.493 e. The molecule has 3 amide bonds. The molecule has 10 nitrogen and oxygen atoms in total. The van der Waals surface area contributed by atoms with Gasteiger partial charge in [0.2, 0.25) is 5.91 Å². The van der Waals surface area contributed by atoms with Crippen molar-refractivity contribution in [2.75, 3.05) is 24.9 Å². The van der Waals surface area contributed by atoms with E-state index in [1.165, 1.54) is 19.1 Å². The van der Waals surface area contributed by atoms with Gasteiger partial charge in [-0.15, -0.1) is 0 Å². The Kier molecular flexibility index (Phi) is 8.91. The molecular weight excluding hydrogens is 470 g/mol. The quantitative estimate of drug-likeness (QED) is 0.426. The molecule has 1 atom stereocenters. The number of carbonyl (C=O) groups excluding carboxylic acids is 3.